The topological polar surface area (TPSA) is 83.8 Å². The molecule has 3 aromatic rings. The highest BCUT2D eigenvalue weighted by Gasteiger charge is 2.56. The third-order valence-electron chi connectivity index (χ3n) is 10.4. The zero-order valence-electron chi connectivity index (χ0n) is 26.2. The summed E-state index contributed by atoms with van der Waals surface area (Å²) in [4.78, 5) is 25.7. The van der Waals surface area contributed by atoms with Crippen LogP contribution in [0.15, 0.2) is 52.5 Å². The highest BCUT2D eigenvalue weighted by atomic mass is 19.1. The molecule has 6 atom stereocenters. The molecule has 1 aliphatic heterocycles. The van der Waals surface area contributed by atoms with Crippen molar-refractivity contribution in [3.8, 4) is 5.75 Å². The van der Waals surface area contributed by atoms with Crippen LogP contribution >= 0.6 is 0 Å². The standard InChI is InChI=1S/C34H45FN6O2/c1-20-17-41(18-21(2)37-20)33(39-30-14-24-13-28(22(30)3)34(24,4)5)38-25-8-10-27-31(15-25)36-19-40(32(27)42)12-11-23-7-9-26(43-6)16-29(23)35/h7-10,15-16,19-22,24,28,30,37H,11-14,17-18H2,1-6H3,(H,38,39)/t20-,21-,22-,24-,28+,30-/m0/s1. The molecule has 230 valence electrons. The van der Waals surface area contributed by atoms with E-state index in [1.165, 1.54) is 19.6 Å². The van der Waals surface area contributed by atoms with Gasteiger partial charge in [-0.05, 0) is 86.1 Å². The average molecular weight is 589 g/mol. The molecule has 4 aliphatic rings. The van der Waals surface area contributed by atoms with Crippen LogP contribution in [0.2, 0.25) is 0 Å². The van der Waals surface area contributed by atoms with Crippen LogP contribution in [-0.2, 0) is 13.0 Å². The van der Waals surface area contributed by atoms with Crippen LogP contribution in [0.4, 0.5) is 10.1 Å². The Labute approximate surface area is 253 Å². The molecule has 3 aliphatic carbocycles. The number of rotatable bonds is 6. The molecule has 1 aromatic heterocycles. The molecule has 0 radical (unpaired) electrons. The smallest absolute Gasteiger partial charge is 0.261 e. The first-order valence-electron chi connectivity index (χ1n) is 15.7. The first kappa shape index (κ1) is 29.6. The Balaban J connectivity index is 1.23. The number of aliphatic imine (C=N–C) groups is 1. The maximum atomic E-state index is 14.4. The molecule has 7 rings (SSSR count). The van der Waals surface area contributed by atoms with Crippen molar-refractivity contribution in [2.45, 2.75) is 78.6 Å². The van der Waals surface area contributed by atoms with E-state index in [2.05, 4.69) is 55.1 Å². The third kappa shape index (κ3) is 5.76. The van der Waals surface area contributed by atoms with E-state index in [0.717, 1.165) is 43.0 Å². The third-order valence-corrected chi connectivity index (χ3v) is 10.4. The summed E-state index contributed by atoms with van der Waals surface area (Å²) in [7, 11) is 1.51. The second-order valence-corrected chi connectivity index (χ2v) is 13.7. The number of aryl methyl sites for hydroxylation is 2. The van der Waals surface area contributed by atoms with E-state index in [0.29, 0.717) is 64.6 Å². The Kier molecular flexibility index (Phi) is 7.96. The second-order valence-electron chi connectivity index (χ2n) is 13.7. The highest BCUT2D eigenvalue weighted by molar-refractivity contribution is 5.96. The van der Waals surface area contributed by atoms with Crippen molar-refractivity contribution in [2.75, 3.05) is 25.5 Å². The van der Waals surface area contributed by atoms with Gasteiger partial charge in [0.25, 0.3) is 5.56 Å². The number of benzene rings is 2. The molecule has 1 saturated heterocycles. The molecule has 2 N–H and O–H groups in total. The number of halogens is 1. The summed E-state index contributed by atoms with van der Waals surface area (Å²) in [5.74, 6) is 3.03. The van der Waals surface area contributed by atoms with Crippen LogP contribution in [0.5, 0.6) is 5.75 Å². The maximum Gasteiger partial charge on any atom is 0.261 e. The predicted octanol–water partition coefficient (Wildman–Crippen LogP) is 5.31. The van der Waals surface area contributed by atoms with Gasteiger partial charge >= 0.3 is 0 Å². The van der Waals surface area contributed by atoms with Gasteiger partial charge in [-0.2, -0.15) is 0 Å². The molecular weight excluding hydrogens is 543 g/mol. The lowest BCUT2D eigenvalue weighted by atomic mass is 9.45. The molecule has 2 aromatic carbocycles. The van der Waals surface area contributed by atoms with Gasteiger partial charge in [-0.15, -0.1) is 0 Å². The monoisotopic (exact) mass is 588 g/mol. The van der Waals surface area contributed by atoms with E-state index >= 15 is 0 Å². The molecule has 43 heavy (non-hydrogen) atoms. The number of nitrogens with zero attached hydrogens (tertiary/aromatic N) is 4. The molecule has 2 heterocycles. The number of ether oxygens (including phenoxy) is 1. The number of hydrogen-bond donors (Lipinski definition) is 2. The summed E-state index contributed by atoms with van der Waals surface area (Å²) in [6.45, 7) is 13.7. The van der Waals surface area contributed by atoms with Gasteiger partial charge < -0.3 is 20.3 Å². The van der Waals surface area contributed by atoms with Gasteiger partial charge in [-0.25, -0.2) is 14.4 Å². The quantitative estimate of drug-likeness (QED) is 0.300. The van der Waals surface area contributed by atoms with Crippen LogP contribution in [0.25, 0.3) is 10.9 Å². The minimum atomic E-state index is -0.342. The van der Waals surface area contributed by atoms with E-state index in [1.807, 2.05) is 18.2 Å². The minimum Gasteiger partial charge on any atom is -0.497 e. The fourth-order valence-corrected chi connectivity index (χ4v) is 7.77. The van der Waals surface area contributed by atoms with Crippen molar-refractivity contribution in [2.24, 2.45) is 28.2 Å². The van der Waals surface area contributed by atoms with Crippen LogP contribution in [0.3, 0.4) is 0 Å². The summed E-state index contributed by atoms with van der Waals surface area (Å²) in [6.07, 6.45) is 4.39. The molecule has 0 spiro atoms. The van der Waals surface area contributed by atoms with E-state index < -0.39 is 0 Å². The number of nitrogens with one attached hydrogen (secondary N) is 2. The van der Waals surface area contributed by atoms with Crippen molar-refractivity contribution in [1.29, 1.82) is 0 Å². The average Bonchev–Trinajstić information content (AvgIpc) is 2.97. The van der Waals surface area contributed by atoms with Gasteiger partial charge in [-0.1, -0.05) is 26.8 Å². The number of guanidine groups is 1. The molecule has 3 saturated carbocycles. The van der Waals surface area contributed by atoms with Gasteiger partial charge in [0, 0.05) is 43.5 Å². The number of methoxy groups -OCH3 is 1. The Hall–Kier alpha value is -3.46. The zero-order valence-corrected chi connectivity index (χ0v) is 26.2. The van der Waals surface area contributed by atoms with Crippen LogP contribution in [0, 0.1) is 29.0 Å². The SMILES string of the molecule is COc1ccc(CCn2cnc3cc(NC(=N[C@H]4C[C@@H]5C[C@H]([C@@H]4C)C5(C)C)N4C[C@H](C)N[C@@H](C)C4)ccc3c2=O)c(F)c1. The largest absolute Gasteiger partial charge is 0.497 e. The van der Waals surface area contributed by atoms with Crippen molar-refractivity contribution in [3.05, 3.63) is 64.5 Å². The van der Waals surface area contributed by atoms with E-state index in [9.17, 15) is 9.18 Å². The fourth-order valence-electron chi connectivity index (χ4n) is 7.77. The summed E-state index contributed by atoms with van der Waals surface area (Å²) in [6, 6.07) is 11.5. The summed E-state index contributed by atoms with van der Waals surface area (Å²) < 4.78 is 21.1. The lowest BCUT2D eigenvalue weighted by molar-refractivity contribution is -0.108. The molecule has 8 nitrogen and oxygen atoms in total. The van der Waals surface area contributed by atoms with E-state index in [4.69, 9.17) is 9.73 Å². The normalized spacial score (nSPS) is 28.4. The second kappa shape index (κ2) is 11.6. The van der Waals surface area contributed by atoms with Crippen molar-refractivity contribution in [1.82, 2.24) is 19.8 Å². The molecular formula is C34H45FN6O2. The van der Waals surface area contributed by atoms with Gasteiger partial charge in [0.2, 0.25) is 0 Å². The fraction of sp³-hybridized carbons (Fsp3) is 0.559. The van der Waals surface area contributed by atoms with Crippen molar-refractivity contribution in [3.63, 3.8) is 0 Å². The number of hydrogen-bond acceptors (Lipinski definition) is 5. The van der Waals surface area contributed by atoms with Gasteiger partial charge in [0.1, 0.15) is 11.6 Å². The number of anilines is 1. The lowest BCUT2D eigenvalue weighted by Gasteiger charge is -2.61. The molecule has 2 bridgehead atoms. The summed E-state index contributed by atoms with van der Waals surface area (Å²) in [5, 5.41) is 7.81. The van der Waals surface area contributed by atoms with E-state index in [-0.39, 0.29) is 11.4 Å². The van der Waals surface area contributed by atoms with Crippen LogP contribution in [-0.4, -0.2) is 58.7 Å². The van der Waals surface area contributed by atoms with Crippen LogP contribution < -0.4 is 20.9 Å². The number of piperazine rings is 1. The highest BCUT2D eigenvalue weighted by Crippen LogP contribution is 2.61. The van der Waals surface area contributed by atoms with Gasteiger partial charge in [0.05, 0.1) is 30.4 Å². The maximum absolute atomic E-state index is 14.4. The minimum absolute atomic E-state index is 0.137. The molecule has 4 fully saturated rings. The Morgan fingerprint density at radius 3 is 2.58 bits per heavy atom. The predicted molar refractivity (Wildman–Crippen MR) is 170 cm³/mol. The van der Waals surface area contributed by atoms with E-state index in [1.54, 1.807) is 23.0 Å². The van der Waals surface area contributed by atoms with Crippen molar-refractivity contribution < 1.29 is 9.13 Å². The number of fused-ring (bicyclic) bond motifs is 3. The Bertz CT molecular complexity index is 1570. The summed E-state index contributed by atoms with van der Waals surface area (Å²) in [5.41, 5.74) is 2.30. The van der Waals surface area contributed by atoms with Gasteiger partial charge in [0.15, 0.2) is 5.96 Å². The Morgan fingerprint density at radius 2 is 1.91 bits per heavy atom. The Morgan fingerprint density at radius 1 is 1.14 bits per heavy atom. The lowest BCUT2D eigenvalue weighted by Crippen LogP contribution is -2.59. The van der Waals surface area contributed by atoms with Gasteiger partial charge in [-0.3, -0.25) is 9.36 Å². The molecule has 0 amide bonds. The first-order valence-corrected chi connectivity index (χ1v) is 15.7. The first-order chi connectivity index (χ1) is 20.5. The zero-order chi connectivity index (χ0) is 30.5. The molecule has 0 unspecified atom stereocenters. The number of aromatic nitrogens is 2. The summed E-state index contributed by atoms with van der Waals surface area (Å²) >= 11 is 0. The molecule has 9 heteroatoms. The van der Waals surface area contributed by atoms with Crippen LogP contribution in [0.1, 0.15) is 53.0 Å². The van der Waals surface area contributed by atoms with Crippen molar-refractivity contribution >= 4 is 22.5 Å².